The summed E-state index contributed by atoms with van der Waals surface area (Å²) in [6.45, 7) is 0.298. The Balaban J connectivity index is 2.32. The third kappa shape index (κ3) is 4.86. The minimum Gasteiger partial charge on any atom is -0.385 e. The topological polar surface area (TPSA) is 37.0 Å². The molecule has 0 spiro atoms. The first-order valence-corrected chi connectivity index (χ1v) is 4.96. The van der Waals surface area contributed by atoms with Crippen LogP contribution in [0.25, 0.3) is 0 Å². The Hall–Kier alpha value is -1.46. The fourth-order valence-corrected chi connectivity index (χ4v) is 1.20. The van der Waals surface area contributed by atoms with Crippen LogP contribution < -0.4 is 10.6 Å². The van der Waals surface area contributed by atoms with Crippen molar-refractivity contribution in [2.75, 3.05) is 24.2 Å². The number of hydrogen-bond donors (Lipinski definition) is 2. The van der Waals surface area contributed by atoms with E-state index in [2.05, 4.69) is 15.6 Å². The van der Waals surface area contributed by atoms with Crippen LogP contribution in [0.15, 0.2) is 18.3 Å². The van der Waals surface area contributed by atoms with E-state index in [4.69, 9.17) is 0 Å². The zero-order chi connectivity index (χ0) is 12.0. The summed E-state index contributed by atoms with van der Waals surface area (Å²) < 4.78 is 35.6. The molecule has 0 atom stereocenters. The first kappa shape index (κ1) is 12.6. The van der Waals surface area contributed by atoms with Gasteiger partial charge in [-0.15, -0.1) is 0 Å². The molecule has 1 aromatic heterocycles. The first-order valence-electron chi connectivity index (χ1n) is 4.96. The predicted molar refractivity (Wildman–Crippen MR) is 57.6 cm³/mol. The average Bonchev–Trinajstić information content (AvgIpc) is 2.23. The summed E-state index contributed by atoms with van der Waals surface area (Å²) in [5, 5.41) is 5.76. The lowest BCUT2D eigenvalue weighted by Gasteiger charge is -2.09. The summed E-state index contributed by atoms with van der Waals surface area (Å²) in [6, 6.07) is 3.46. The molecule has 0 radical (unpaired) electrons. The summed E-state index contributed by atoms with van der Waals surface area (Å²) >= 11 is 0. The summed E-state index contributed by atoms with van der Waals surface area (Å²) in [6.07, 6.45) is -3.17. The third-order valence-electron chi connectivity index (χ3n) is 1.98. The van der Waals surface area contributed by atoms with Gasteiger partial charge in [-0.25, -0.2) is 4.98 Å². The normalized spacial score (nSPS) is 11.2. The molecular formula is C10H14F3N3. The highest BCUT2D eigenvalue weighted by molar-refractivity contribution is 5.51. The molecular weight excluding hydrogens is 219 g/mol. The maximum Gasteiger partial charge on any atom is 0.389 e. The van der Waals surface area contributed by atoms with Crippen molar-refractivity contribution in [2.24, 2.45) is 0 Å². The standard InChI is InChI=1S/C10H14F3N3/c1-14-9-7-8(3-6-16-9)15-5-2-4-10(11,12)13/h3,6-7H,2,4-5H2,1H3,(H2,14,15,16). The number of nitrogens with zero attached hydrogens (tertiary/aromatic N) is 1. The second-order valence-corrected chi connectivity index (χ2v) is 3.33. The summed E-state index contributed by atoms with van der Waals surface area (Å²) in [5.74, 6) is 0.681. The van der Waals surface area contributed by atoms with E-state index in [1.165, 1.54) is 0 Å². The van der Waals surface area contributed by atoms with E-state index < -0.39 is 12.6 Å². The maximum absolute atomic E-state index is 11.9. The van der Waals surface area contributed by atoms with Gasteiger partial charge in [0.1, 0.15) is 5.82 Å². The van der Waals surface area contributed by atoms with Gasteiger partial charge in [-0.3, -0.25) is 0 Å². The molecule has 1 aromatic rings. The van der Waals surface area contributed by atoms with Gasteiger partial charge in [-0.05, 0) is 12.5 Å². The number of hydrogen-bond acceptors (Lipinski definition) is 3. The van der Waals surface area contributed by atoms with Crippen LogP contribution >= 0.6 is 0 Å². The van der Waals surface area contributed by atoms with Crippen molar-refractivity contribution in [2.45, 2.75) is 19.0 Å². The van der Waals surface area contributed by atoms with E-state index in [0.717, 1.165) is 5.69 Å². The first-order chi connectivity index (χ1) is 7.51. The van der Waals surface area contributed by atoms with Crippen molar-refractivity contribution in [3.8, 4) is 0 Å². The Morgan fingerprint density at radius 2 is 2.12 bits per heavy atom. The molecule has 0 aliphatic heterocycles. The number of pyridine rings is 1. The SMILES string of the molecule is CNc1cc(NCCCC(F)(F)F)ccn1. The van der Waals surface area contributed by atoms with Crippen LogP contribution in [0.4, 0.5) is 24.7 Å². The number of rotatable bonds is 5. The highest BCUT2D eigenvalue weighted by Gasteiger charge is 2.25. The molecule has 1 rings (SSSR count). The van der Waals surface area contributed by atoms with Crippen molar-refractivity contribution in [1.29, 1.82) is 0 Å². The fourth-order valence-electron chi connectivity index (χ4n) is 1.20. The quantitative estimate of drug-likeness (QED) is 0.768. The Bertz CT molecular complexity index is 325. The molecule has 0 amide bonds. The van der Waals surface area contributed by atoms with Crippen molar-refractivity contribution < 1.29 is 13.2 Å². The highest BCUT2D eigenvalue weighted by Crippen LogP contribution is 2.21. The van der Waals surface area contributed by atoms with Gasteiger partial charge in [-0.2, -0.15) is 13.2 Å². The lowest BCUT2D eigenvalue weighted by Crippen LogP contribution is -2.11. The van der Waals surface area contributed by atoms with Gasteiger partial charge in [0, 0.05) is 38.0 Å². The molecule has 0 aliphatic carbocycles. The van der Waals surface area contributed by atoms with Crippen molar-refractivity contribution in [3.63, 3.8) is 0 Å². The van der Waals surface area contributed by atoms with Gasteiger partial charge >= 0.3 is 6.18 Å². The summed E-state index contributed by atoms with van der Waals surface area (Å²) in [7, 11) is 1.73. The van der Waals surface area contributed by atoms with E-state index >= 15 is 0 Å². The van der Waals surface area contributed by atoms with Gasteiger partial charge in [0.15, 0.2) is 0 Å². The Morgan fingerprint density at radius 1 is 1.38 bits per heavy atom. The van der Waals surface area contributed by atoms with Crippen molar-refractivity contribution in [1.82, 2.24) is 4.98 Å². The summed E-state index contributed by atoms with van der Waals surface area (Å²) in [5.41, 5.74) is 0.765. The smallest absolute Gasteiger partial charge is 0.385 e. The molecule has 16 heavy (non-hydrogen) atoms. The van der Waals surface area contributed by atoms with E-state index in [1.807, 2.05) is 0 Å². The molecule has 0 saturated carbocycles. The molecule has 0 unspecified atom stereocenters. The summed E-state index contributed by atoms with van der Waals surface area (Å²) in [4.78, 5) is 3.99. The largest absolute Gasteiger partial charge is 0.389 e. The van der Waals surface area contributed by atoms with E-state index in [1.54, 1.807) is 25.4 Å². The van der Waals surface area contributed by atoms with E-state index in [-0.39, 0.29) is 6.42 Å². The van der Waals surface area contributed by atoms with Gasteiger partial charge in [0.05, 0.1) is 0 Å². The Morgan fingerprint density at radius 3 is 2.75 bits per heavy atom. The maximum atomic E-state index is 11.9. The molecule has 0 aliphatic rings. The zero-order valence-corrected chi connectivity index (χ0v) is 8.93. The minimum absolute atomic E-state index is 0.0701. The van der Waals surface area contributed by atoms with E-state index in [9.17, 15) is 13.2 Å². The molecule has 3 nitrogen and oxygen atoms in total. The van der Waals surface area contributed by atoms with Crippen LogP contribution in [0.2, 0.25) is 0 Å². The van der Waals surface area contributed by atoms with Crippen LogP contribution in [0.5, 0.6) is 0 Å². The third-order valence-corrected chi connectivity index (χ3v) is 1.98. The number of alkyl halides is 3. The second kappa shape index (κ2) is 5.58. The minimum atomic E-state index is -4.07. The Kier molecular flexibility index (Phi) is 4.39. The number of anilines is 2. The fraction of sp³-hybridized carbons (Fsp3) is 0.500. The van der Waals surface area contributed by atoms with Crippen LogP contribution in [0.1, 0.15) is 12.8 Å². The molecule has 0 fully saturated rings. The highest BCUT2D eigenvalue weighted by atomic mass is 19.4. The van der Waals surface area contributed by atoms with Gasteiger partial charge in [0.2, 0.25) is 0 Å². The van der Waals surface area contributed by atoms with Gasteiger partial charge < -0.3 is 10.6 Å². The molecule has 2 N–H and O–H groups in total. The predicted octanol–water partition coefficient (Wildman–Crippen LogP) is 2.88. The molecule has 1 heterocycles. The number of halogens is 3. The average molecular weight is 233 g/mol. The Labute approximate surface area is 92.1 Å². The number of nitrogens with one attached hydrogen (secondary N) is 2. The number of aromatic nitrogens is 1. The molecule has 90 valence electrons. The second-order valence-electron chi connectivity index (χ2n) is 3.33. The van der Waals surface area contributed by atoms with Gasteiger partial charge in [-0.1, -0.05) is 0 Å². The lowest BCUT2D eigenvalue weighted by molar-refractivity contribution is -0.134. The zero-order valence-electron chi connectivity index (χ0n) is 8.93. The molecule has 0 aromatic carbocycles. The van der Waals surface area contributed by atoms with Crippen LogP contribution in [0.3, 0.4) is 0 Å². The van der Waals surface area contributed by atoms with Crippen molar-refractivity contribution >= 4 is 11.5 Å². The van der Waals surface area contributed by atoms with Crippen molar-refractivity contribution in [3.05, 3.63) is 18.3 Å². The van der Waals surface area contributed by atoms with Gasteiger partial charge in [0.25, 0.3) is 0 Å². The van der Waals surface area contributed by atoms with Crippen LogP contribution in [-0.4, -0.2) is 24.8 Å². The van der Waals surface area contributed by atoms with E-state index in [0.29, 0.717) is 12.4 Å². The molecule has 6 heteroatoms. The molecule has 0 bridgehead atoms. The van der Waals surface area contributed by atoms with Crippen LogP contribution in [0, 0.1) is 0 Å². The molecule has 0 saturated heterocycles. The van der Waals surface area contributed by atoms with Crippen LogP contribution in [-0.2, 0) is 0 Å². The lowest BCUT2D eigenvalue weighted by atomic mass is 10.3. The monoisotopic (exact) mass is 233 g/mol.